The van der Waals surface area contributed by atoms with Crippen LogP contribution in [0.15, 0.2) is 30.6 Å². The highest BCUT2D eigenvalue weighted by Gasteiger charge is 2.19. The zero-order valence-corrected chi connectivity index (χ0v) is 12.9. The monoisotopic (exact) mass is 313 g/mol. The van der Waals surface area contributed by atoms with Crippen LogP contribution in [-0.2, 0) is 9.53 Å². The molecule has 1 fully saturated rings. The van der Waals surface area contributed by atoms with E-state index in [9.17, 15) is 9.59 Å². The molecule has 0 atom stereocenters. The van der Waals surface area contributed by atoms with Gasteiger partial charge in [0, 0.05) is 25.5 Å². The lowest BCUT2D eigenvalue weighted by atomic mass is 10.2. The summed E-state index contributed by atoms with van der Waals surface area (Å²) in [6, 6.07) is 5.14. The fraction of sp³-hybridized carbons (Fsp3) is 0.412. The summed E-state index contributed by atoms with van der Waals surface area (Å²) in [5.41, 5.74) is 1.45. The molecule has 2 aromatic rings. The van der Waals surface area contributed by atoms with Crippen molar-refractivity contribution in [3.8, 4) is 0 Å². The molecule has 1 aromatic carbocycles. The molecule has 3 rings (SSSR count). The Bertz CT molecular complexity index is 704. The number of benzene rings is 1. The quantitative estimate of drug-likeness (QED) is 0.812. The molecule has 1 amide bonds. The van der Waals surface area contributed by atoms with Crippen molar-refractivity contribution in [2.45, 2.75) is 25.7 Å². The van der Waals surface area contributed by atoms with E-state index in [1.165, 1.54) is 6.20 Å². The highest BCUT2D eigenvalue weighted by molar-refractivity contribution is 6.02. The van der Waals surface area contributed by atoms with Crippen molar-refractivity contribution >= 4 is 22.9 Å². The van der Waals surface area contributed by atoms with Crippen LogP contribution in [0.1, 0.15) is 36.0 Å². The smallest absolute Gasteiger partial charge is 0.340 e. The number of nitrogens with zero attached hydrogens (tertiary/aromatic N) is 3. The first-order chi connectivity index (χ1) is 11.3. The van der Waals surface area contributed by atoms with E-state index in [2.05, 4.69) is 9.97 Å². The third-order valence-corrected chi connectivity index (χ3v) is 4.00. The maximum absolute atomic E-state index is 12.3. The van der Waals surface area contributed by atoms with Crippen LogP contribution < -0.4 is 0 Å². The van der Waals surface area contributed by atoms with Gasteiger partial charge in [0.05, 0.1) is 11.1 Å². The molecule has 1 aliphatic heterocycles. The van der Waals surface area contributed by atoms with Crippen LogP contribution in [0.3, 0.4) is 0 Å². The zero-order valence-electron chi connectivity index (χ0n) is 12.9. The van der Waals surface area contributed by atoms with Gasteiger partial charge in [-0.15, -0.1) is 0 Å². The molecule has 0 N–H and O–H groups in total. The molecule has 1 saturated heterocycles. The van der Waals surface area contributed by atoms with Crippen molar-refractivity contribution < 1.29 is 14.3 Å². The summed E-state index contributed by atoms with van der Waals surface area (Å²) in [6.45, 7) is 1.27. The van der Waals surface area contributed by atoms with Crippen LogP contribution in [0.2, 0.25) is 0 Å². The Morgan fingerprint density at radius 1 is 1.04 bits per heavy atom. The number of hydrogen-bond acceptors (Lipinski definition) is 5. The first-order valence-electron chi connectivity index (χ1n) is 7.90. The highest BCUT2D eigenvalue weighted by atomic mass is 16.5. The van der Waals surface area contributed by atoms with Gasteiger partial charge in [-0.1, -0.05) is 18.9 Å². The van der Waals surface area contributed by atoms with Gasteiger partial charge < -0.3 is 9.64 Å². The minimum Gasteiger partial charge on any atom is -0.452 e. The summed E-state index contributed by atoms with van der Waals surface area (Å²) in [6.07, 6.45) is 7.43. The number of hydrogen-bond donors (Lipinski definition) is 0. The van der Waals surface area contributed by atoms with E-state index >= 15 is 0 Å². The number of carbonyl (C=O) groups is 2. The molecule has 6 heteroatoms. The Morgan fingerprint density at radius 2 is 1.78 bits per heavy atom. The Hall–Kier alpha value is -2.50. The van der Waals surface area contributed by atoms with E-state index in [1.54, 1.807) is 29.3 Å². The van der Waals surface area contributed by atoms with Crippen molar-refractivity contribution in [2.24, 2.45) is 0 Å². The first-order valence-corrected chi connectivity index (χ1v) is 7.90. The minimum atomic E-state index is -0.542. The van der Waals surface area contributed by atoms with E-state index in [1.807, 2.05) is 0 Å². The Kier molecular flexibility index (Phi) is 4.80. The van der Waals surface area contributed by atoms with Gasteiger partial charge in [-0.25, -0.2) is 4.79 Å². The SMILES string of the molecule is O=C(OCC(=O)N1CCCCCC1)c1cccc2nccnc12. The topological polar surface area (TPSA) is 72.4 Å². The van der Waals surface area contributed by atoms with E-state index in [0.29, 0.717) is 16.6 Å². The maximum atomic E-state index is 12.3. The number of carbonyl (C=O) groups excluding carboxylic acids is 2. The van der Waals surface area contributed by atoms with Gasteiger partial charge in [0.25, 0.3) is 5.91 Å². The summed E-state index contributed by atoms with van der Waals surface area (Å²) in [4.78, 5) is 34.5. The summed E-state index contributed by atoms with van der Waals surface area (Å²) in [5.74, 6) is -0.675. The molecule has 0 spiro atoms. The third kappa shape index (κ3) is 3.64. The molecule has 2 heterocycles. The number of likely N-dealkylation sites (tertiary alicyclic amines) is 1. The van der Waals surface area contributed by atoms with E-state index in [4.69, 9.17) is 4.74 Å². The molecule has 0 radical (unpaired) electrons. The number of para-hydroxylation sites is 1. The van der Waals surface area contributed by atoms with Gasteiger partial charge in [0.15, 0.2) is 6.61 Å². The molecular weight excluding hydrogens is 294 g/mol. The Morgan fingerprint density at radius 3 is 2.57 bits per heavy atom. The second-order valence-electron chi connectivity index (χ2n) is 5.60. The second-order valence-corrected chi connectivity index (χ2v) is 5.60. The van der Waals surface area contributed by atoms with Crippen LogP contribution >= 0.6 is 0 Å². The average Bonchev–Trinajstić information content (AvgIpc) is 2.88. The van der Waals surface area contributed by atoms with Crippen LogP contribution in [0, 0.1) is 0 Å². The van der Waals surface area contributed by atoms with Crippen molar-refractivity contribution in [3.05, 3.63) is 36.2 Å². The third-order valence-electron chi connectivity index (χ3n) is 4.00. The molecular formula is C17H19N3O3. The molecule has 0 bridgehead atoms. The zero-order chi connectivity index (χ0) is 16.1. The van der Waals surface area contributed by atoms with Gasteiger partial charge in [-0.2, -0.15) is 0 Å². The van der Waals surface area contributed by atoms with Gasteiger partial charge >= 0.3 is 5.97 Å². The van der Waals surface area contributed by atoms with E-state index in [0.717, 1.165) is 38.8 Å². The predicted molar refractivity (Wildman–Crippen MR) is 84.9 cm³/mol. The summed E-state index contributed by atoms with van der Waals surface area (Å²) in [7, 11) is 0. The van der Waals surface area contributed by atoms with Crippen LogP contribution in [0.5, 0.6) is 0 Å². The molecule has 1 aliphatic rings. The van der Waals surface area contributed by atoms with Gasteiger partial charge in [0.2, 0.25) is 0 Å². The first kappa shape index (κ1) is 15.4. The minimum absolute atomic E-state index is 0.133. The lowest BCUT2D eigenvalue weighted by Gasteiger charge is -2.19. The molecule has 1 aromatic heterocycles. The fourth-order valence-corrected chi connectivity index (χ4v) is 2.77. The van der Waals surface area contributed by atoms with Crippen molar-refractivity contribution in [1.82, 2.24) is 14.9 Å². The Balaban J connectivity index is 1.65. The standard InChI is InChI=1S/C17H19N3O3/c21-15(20-10-3-1-2-4-11-20)12-23-17(22)13-6-5-7-14-16(13)19-9-8-18-14/h5-9H,1-4,10-12H2. The molecule has 23 heavy (non-hydrogen) atoms. The Labute approximate surface area is 134 Å². The van der Waals surface area contributed by atoms with Gasteiger partial charge in [0.1, 0.15) is 5.52 Å². The fourth-order valence-electron chi connectivity index (χ4n) is 2.77. The molecule has 0 saturated carbocycles. The molecule has 0 aliphatic carbocycles. The largest absolute Gasteiger partial charge is 0.452 e. The van der Waals surface area contributed by atoms with Gasteiger partial charge in [-0.05, 0) is 25.0 Å². The van der Waals surface area contributed by atoms with Crippen molar-refractivity contribution in [2.75, 3.05) is 19.7 Å². The van der Waals surface area contributed by atoms with Gasteiger partial charge in [-0.3, -0.25) is 14.8 Å². The number of ether oxygens (including phenoxy) is 1. The number of aromatic nitrogens is 2. The van der Waals surface area contributed by atoms with E-state index < -0.39 is 5.97 Å². The highest BCUT2D eigenvalue weighted by Crippen LogP contribution is 2.15. The van der Waals surface area contributed by atoms with Crippen molar-refractivity contribution in [3.63, 3.8) is 0 Å². The summed E-state index contributed by atoms with van der Waals surface area (Å²) >= 11 is 0. The predicted octanol–water partition coefficient (Wildman–Crippen LogP) is 2.19. The van der Waals surface area contributed by atoms with Crippen molar-refractivity contribution in [1.29, 1.82) is 0 Å². The molecule has 120 valence electrons. The molecule has 0 unspecified atom stereocenters. The summed E-state index contributed by atoms with van der Waals surface area (Å²) < 4.78 is 5.19. The number of amides is 1. The number of rotatable bonds is 3. The normalized spacial score (nSPS) is 15.2. The lowest BCUT2D eigenvalue weighted by molar-refractivity contribution is -0.134. The van der Waals surface area contributed by atoms with E-state index in [-0.39, 0.29) is 12.5 Å². The average molecular weight is 313 g/mol. The second kappa shape index (κ2) is 7.17. The van der Waals surface area contributed by atoms with Crippen LogP contribution in [-0.4, -0.2) is 46.4 Å². The maximum Gasteiger partial charge on any atom is 0.340 e. The summed E-state index contributed by atoms with van der Waals surface area (Å²) in [5, 5.41) is 0. The number of esters is 1. The van der Waals surface area contributed by atoms with Crippen LogP contribution in [0.4, 0.5) is 0 Å². The molecule has 6 nitrogen and oxygen atoms in total. The van der Waals surface area contributed by atoms with Crippen LogP contribution in [0.25, 0.3) is 11.0 Å². The lowest BCUT2D eigenvalue weighted by Crippen LogP contribution is -2.35. The number of fused-ring (bicyclic) bond motifs is 1.